The zero-order chi connectivity index (χ0) is 22.8. The quantitative estimate of drug-likeness (QED) is 0.563. The maximum atomic E-state index is 11.9. The van der Waals surface area contributed by atoms with E-state index in [-0.39, 0.29) is 51.6 Å². The van der Waals surface area contributed by atoms with Gasteiger partial charge in [0.15, 0.2) is 12.6 Å². The monoisotopic (exact) mass is 428 g/mol. The molecule has 5 unspecified atom stereocenters. The largest absolute Gasteiger partial charge is 0.508 e. The maximum absolute atomic E-state index is 11.9. The molecule has 1 N–H and O–H groups in total. The summed E-state index contributed by atoms with van der Waals surface area (Å²) in [5.41, 5.74) is -0.127. The molecule has 2 saturated carbocycles. The molecule has 0 bridgehead atoms. The minimum atomic E-state index is -0.604. The lowest BCUT2D eigenvalue weighted by atomic mass is 9.43. The van der Waals surface area contributed by atoms with Crippen LogP contribution >= 0.6 is 0 Å². The van der Waals surface area contributed by atoms with E-state index in [0.717, 1.165) is 25.7 Å². The van der Waals surface area contributed by atoms with Gasteiger partial charge in [0.05, 0.1) is 5.56 Å². The van der Waals surface area contributed by atoms with Gasteiger partial charge in [-0.1, -0.05) is 27.7 Å². The van der Waals surface area contributed by atoms with E-state index in [1.54, 1.807) is 0 Å². The molecule has 31 heavy (non-hydrogen) atoms. The van der Waals surface area contributed by atoms with E-state index in [1.165, 1.54) is 13.0 Å². The summed E-state index contributed by atoms with van der Waals surface area (Å²) >= 11 is 0. The topological polar surface area (TPSA) is 89.9 Å². The molecule has 1 heterocycles. The number of benzene rings is 1. The molecule has 1 aromatic carbocycles. The first-order valence-electron chi connectivity index (χ1n) is 11.2. The van der Waals surface area contributed by atoms with Crippen LogP contribution in [0.4, 0.5) is 0 Å². The van der Waals surface area contributed by atoms with E-state index in [4.69, 9.17) is 9.47 Å². The van der Waals surface area contributed by atoms with Crippen LogP contribution < -0.4 is 4.74 Å². The number of carbonyl (C=O) groups excluding carboxylic acids is 3. The van der Waals surface area contributed by atoms with E-state index in [1.807, 2.05) is 0 Å². The molecule has 1 spiro atoms. The third-order valence-electron chi connectivity index (χ3n) is 8.78. The molecule has 6 heteroatoms. The summed E-state index contributed by atoms with van der Waals surface area (Å²) in [5, 5.41) is 10.7. The van der Waals surface area contributed by atoms with Gasteiger partial charge in [0.2, 0.25) is 0 Å². The van der Waals surface area contributed by atoms with Crippen molar-refractivity contribution in [3.8, 4) is 11.5 Å². The molecular formula is C25H32O6. The molecule has 168 valence electrons. The number of rotatable bonds is 3. The number of carbonyl (C=O) groups is 3. The number of hydrogen-bond donors (Lipinski definition) is 1. The maximum Gasteiger partial charge on any atom is 0.302 e. The zero-order valence-electron chi connectivity index (χ0n) is 19.0. The standard InChI is InChI=1S/C25H32O6/c1-14-6-7-20-23(3,4)21(30-15(2)28)8-9-24(20,5)25(14)11-17-19(29)10-16(12-26)18(13-27)22(17)31-25/h10,12-14,20-21,29H,6-9,11H2,1-5H3. The van der Waals surface area contributed by atoms with E-state index < -0.39 is 5.60 Å². The molecule has 0 aromatic heterocycles. The fraction of sp³-hybridized carbons (Fsp3) is 0.640. The predicted molar refractivity (Wildman–Crippen MR) is 115 cm³/mol. The molecule has 1 aliphatic heterocycles. The Bertz CT molecular complexity index is 950. The van der Waals surface area contributed by atoms with Gasteiger partial charge < -0.3 is 14.6 Å². The van der Waals surface area contributed by atoms with Gasteiger partial charge >= 0.3 is 5.97 Å². The van der Waals surface area contributed by atoms with Crippen LogP contribution in [0.2, 0.25) is 0 Å². The Morgan fingerprint density at radius 1 is 1.19 bits per heavy atom. The first-order chi connectivity index (χ1) is 14.5. The van der Waals surface area contributed by atoms with Crippen LogP contribution in [0.1, 0.15) is 86.6 Å². The Labute approximate surface area is 183 Å². The average molecular weight is 429 g/mol. The summed E-state index contributed by atoms with van der Waals surface area (Å²) in [7, 11) is 0. The van der Waals surface area contributed by atoms with Crippen molar-refractivity contribution < 1.29 is 29.0 Å². The smallest absolute Gasteiger partial charge is 0.302 e. The molecule has 5 atom stereocenters. The Morgan fingerprint density at radius 3 is 2.52 bits per heavy atom. The van der Waals surface area contributed by atoms with E-state index >= 15 is 0 Å². The van der Waals surface area contributed by atoms with Crippen molar-refractivity contribution in [3.05, 3.63) is 22.8 Å². The molecule has 0 amide bonds. The highest BCUT2D eigenvalue weighted by molar-refractivity contribution is 5.95. The summed E-state index contributed by atoms with van der Waals surface area (Å²) in [6.45, 7) is 10.2. The lowest BCUT2D eigenvalue weighted by molar-refractivity contribution is -0.218. The van der Waals surface area contributed by atoms with Crippen molar-refractivity contribution in [2.24, 2.45) is 22.7 Å². The highest BCUT2D eigenvalue weighted by Gasteiger charge is 2.67. The molecule has 3 aliphatic rings. The van der Waals surface area contributed by atoms with Crippen LogP contribution in [0.25, 0.3) is 0 Å². The fourth-order valence-electron chi connectivity index (χ4n) is 7.15. The van der Waals surface area contributed by atoms with Gasteiger partial charge in [-0.05, 0) is 43.6 Å². The third kappa shape index (κ3) is 2.86. The van der Waals surface area contributed by atoms with Gasteiger partial charge in [-0.15, -0.1) is 0 Å². The third-order valence-corrected chi connectivity index (χ3v) is 8.78. The molecule has 0 saturated heterocycles. The summed E-state index contributed by atoms with van der Waals surface area (Å²) in [6, 6.07) is 1.37. The summed E-state index contributed by atoms with van der Waals surface area (Å²) in [6.07, 6.45) is 5.05. The molecule has 6 nitrogen and oxygen atoms in total. The second-order valence-corrected chi connectivity index (χ2v) is 10.5. The molecule has 4 rings (SSSR count). The lowest BCUT2D eigenvalue weighted by Crippen LogP contribution is -2.67. The van der Waals surface area contributed by atoms with Gasteiger partial charge in [-0.3, -0.25) is 14.4 Å². The first-order valence-corrected chi connectivity index (χ1v) is 11.2. The zero-order valence-corrected chi connectivity index (χ0v) is 19.0. The number of aromatic hydroxyl groups is 1. The summed E-state index contributed by atoms with van der Waals surface area (Å²) in [5.74, 6) is 0.528. The molecule has 2 fully saturated rings. The van der Waals surface area contributed by atoms with Gasteiger partial charge in [0.1, 0.15) is 23.2 Å². The second-order valence-electron chi connectivity index (χ2n) is 10.5. The molecule has 2 aliphatic carbocycles. The lowest BCUT2D eigenvalue weighted by Gasteiger charge is -2.64. The number of esters is 1. The van der Waals surface area contributed by atoms with Crippen LogP contribution in [-0.4, -0.2) is 35.4 Å². The number of aldehydes is 2. The highest BCUT2D eigenvalue weighted by atomic mass is 16.5. The summed E-state index contributed by atoms with van der Waals surface area (Å²) < 4.78 is 12.4. The second kappa shape index (κ2) is 7.07. The number of fused-ring (bicyclic) bond motifs is 3. The number of hydrogen-bond acceptors (Lipinski definition) is 6. The van der Waals surface area contributed by atoms with Crippen molar-refractivity contribution in [1.82, 2.24) is 0 Å². The van der Waals surface area contributed by atoms with Crippen molar-refractivity contribution in [1.29, 1.82) is 0 Å². The van der Waals surface area contributed by atoms with Crippen molar-refractivity contribution >= 4 is 18.5 Å². The molecule has 1 aromatic rings. The number of phenolic OH excluding ortho intramolecular Hbond substituents is 1. The van der Waals surface area contributed by atoms with Gasteiger partial charge in [0, 0.05) is 35.3 Å². The highest BCUT2D eigenvalue weighted by Crippen LogP contribution is 2.67. The molecule has 0 radical (unpaired) electrons. The van der Waals surface area contributed by atoms with Crippen LogP contribution in [0, 0.1) is 22.7 Å². The Hall–Kier alpha value is -2.37. The van der Waals surface area contributed by atoms with Gasteiger partial charge in [0.25, 0.3) is 0 Å². The first kappa shape index (κ1) is 21.8. The Morgan fingerprint density at radius 2 is 1.90 bits per heavy atom. The van der Waals surface area contributed by atoms with E-state index in [9.17, 15) is 19.5 Å². The van der Waals surface area contributed by atoms with E-state index in [2.05, 4.69) is 27.7 Å². The van der Waals surface area contributed by atoms with Gasteiger partial charge in [-0.25, -0.2) is 0 Å². The summed E-state index contributed by atoms with van der Waals surface area (Å²) in [4.78, 5) is 35.1. The number of ether oxygens (including phenoxy) is 2. The van der Waals surface area contributed by atoms with Crippen LogP contribution in [-0.2, 0) is 16.0 Å². The fourth-order valence-corrected chi connectivity index (χ4v) is 7.15. The molecular weight excluding hydrogens is 396 g/mol. The van der Waals surface area contributed by atoms with Crippen LogP contribution in [0.15, 0.2) is 6.07 Å². The minimum absolute atomic E-state index is 0.00496. The Kier molecular flexibility index (Phi) is 4.99. The Balaban J connectivity index is 1.82. The normalized spacial score (nSPS) is 35.6. The van der Waals surface area contributed by atoms with Crippen molar-refractivity contribution in [2.75, 3.05) is 0 Å². The van der Waals surface area contributed by atoms with Gasteiger partial charge in [-0.2, -0.15) is 0 Å². The van der Waals surface area contributed by atoms with E-state index in [0.29, 0.717) is 30.3 Å². The van der Waals surface area contributed by atoms with Crippen molar-refractivity contribution in [2.45, 2.75) is 78.4 Å². The number of phenols is 1. The van der Waals surface area contributed by atoms with Crippen molar-refractivity contribution in [3.63, 3.8) is 0 Å². The SMILES string of the molecule is CC(=O)OC1CCC2(C)C(CCC(C)C23Cc2c(O)cc(C=O)c(C=O)c2O3)C1(C)C. The average Bonchev–Trinajstić information content (AvgIpc) is 3.11. The minimum Gasteiger partial charge on any atom is -0.508 e. The predicted octanol–water partition coefficient (Wildman–Crippen LogP) is 4.50. The van der Waals surface area contributed by atoms with Crippen LogP contribution in [0.3, 0.4) is 0 Å². The van der Waals surface area contributed by atoms with Crippen LogP contribution in [0.5, 0.6) is 11.5 Å².